The molecule has 2 rings (SSSR count). The van der Waals surface area contributed by atoms with Gasteiger partial charge < -0.3 is 5.11 Å². The molecule has 0 amide bonds. The van der Waals surface area contributed by atoms with E-state index in [1.54, 1.807) is 25.3 Å². The van der Waals surface area contributed by atoms with Gasteiger partial charge in [-0.05, 0) is 31.5 Å². The summed E-state index contributed by atoms with van der Waals surface area (Å²) in [4.78, 5) is 5.40. The first kappa shape index (κ1) is 15.1. The van der Waals surface area contributed by atoms with E-state index in [1.807, 2.05) is 6.92 Å². The van der Waals surface area contributed by atoms with Crippen LogP contribution in [0.2, 0.25) is 0 Å². The highest BCUT2D eigenvalue weighted by molar-refractivity contribution is 7.89. The van der Waals surface area contributed by atoms with Crippen LogP contribution in [0.5, 0.6) is 0 Å². The van der Waals surface area contributed by atoms with Crippen molar-refractivity contribution in [3.05, 3.63) is 45.9 Å². The monoisotopic (exact) mass is 312 g/mol. The van der Waals surface area contributed by atoms with Gasteiger partial charge in [-0.1, -0.05) is 12.1 Å². The smallest absolute Gasteiger partial charge is 0.241 e. The van der Waals surface area contributed by atoms with Crippen molar-refractivity contribution in [2.24, 2.45) is 0 Å². The summed E-state index contributed by atoms with van der Waals surface area (Å²) in [7, 11) is -3.59. The SMILES string of the molecule is Cc1cnc(C(C)NS(=O)(=O)c2ccc(CO)cc2)s1. The Balaban J connectivity index is 2.17. The molecule has 1 aromatic heterocycles. The summed E-state index contributed by atoms with van der Waals surface area (Å²) in [5.41, 5.74) is 0.674. The minimum absolute atomic E-state index is 0.109. The van der Waals surface area contributed by atoms with E-state index in [0.717, 1.165) is 9.88 Å². The fourth-order valence-electron chi connectivity index (χ4n) is 1.70. The predicted molar refractivity (Wildman–Crippen MR) is 78.0 cm³/mol. The van der Waals surface area contributed by atoms with Gasteiger partial charge >= 0.3 is 0 Å². The molecule has 0 aliphatic heterocycles. The van der Waals surface area contributed by atoms with Gasteiger partial charge in [0.15, 0.2) is 0 Å². The quantitative estimate of drug-likeness (QED) is 0.885. The van der Waals surface area contributed by atoms with Crippen LogP contribution in [-0.2, 0) is 16.6 Å². The number of rotatable bonds is 5. The summed E-state index contributed by atoms with van der Waals surface area (Å²) in [6.45, 7) is 3.58. The first-order valence-electron chi connectivity index (χ1n) is 6.07. The van der Waals surface area contributed by atoms with E-state index in [4.69, 9.17) is 5.11 Å². The lowest BCUT2D eigenvalue weighted by Crippen LogP contribution is -2.26. The number of benzene rings is 1. The molecule has 0 aliphatic rings. The van der Waals surface area contributed by atoms with Crippen LogP contribution >= 0.6 is 11.3 Å². The lowest BCUT2D eigenvalue weighted by molar-refractivity contribution is 0.282. The molecule has 108 valence electrons. The second-order valence-corrected chi connectivity index (χ2v) is 7.43. The van der Waals surface area contributed by atoms with Crippen molar-refractivity contribution >= 4 is 21.4 Å². The van der Waals surface area contributed by atoms with E-state index in [9.17, 15) is 8.42 Å². The van der Waals surface area contributed by atoms with Gasteiger partial charge in [0.05, 0.1) is 17.5 Å². The van der Waals surface area contributed by atoms with Crippen LogP contribution in [0, 0.1) is 6.92 Å². The molecule has 5 nitrogen and oxygen atoms in total. The Morgan fingerprint density at radius 2 is 2.00 bits per heavy atom. The van der Waals surface area contributed by atoms with Gasteiger partial charge in [-0.2, -0.15) is 0 Å². The molecule has 0 bridgehead atoms. The molecule has 1 atom stereocenters. The average Bonchev–Trinajstić information content (AvgIpc) is 2.85. The van der Waals surface area contributed by atoms with Crippen LogP contribution in [-0.4, -0.2) is 18.5 Å². The van der Waals surface area contributed by atoms with Crippen molar-refractivity contribution in [1.29, 1.82) is 0 Å². The molecule has 0 radical (unpaired) electrons. The molecular formula is C13H16N2O3S2. The lowest BCUT2D eigenvalue weighted by atomic mass is 10.2. The molecule has 2 aromatic rings. The number of aliphatic hydroxyl groups excluding tert-OH is 1. The molecule has 0 saturated heterocycles. The molecule has 0 spiro atoms. The maximum absolute atomic E-state index is 12.2. The van der Waals surface area contributed by atoms with Crippen LogP contribution in [0.4, 0.5) is 0 Å². The zero-order chi connectivity index (χ0) is 14.8. The van der Waals surface area contributed by atoms with Crippen LogP contribution in [0.1, 0.15) is 28.4 Å². The second-order valence-electron chi connectivity index (χ2n) is 4.45. The minimum Gasteiger partial charge on any atom is -0.392 e. The Morgan fingerprint density at radius 3 is 2.50 bits per heavy atom. The Hall–Kier alpha value is -1.28. The average molecular weight is 312 g/mol. The van der Waals surface area contributed by atoms with Crippen molar-refractivity contribution < 1.29 is 13.5 Å². The zero-order valence-electron chi connectivity index (χ0n) is 11.2. The number of aryl methyl sites for hydroxylation is 1. The van der Waals surface area contributed by atoms with Crippen molar-refractivity contribution in [3.8, 4) is 0 Å². The zero-order valence-corrected chi connectivity index (χ0v) is 12.8. The third kappa shape index (κ3) is 3.43. The van der Waals surface area contributed by atoms with E-state index in [-0.39, 0.29) is 17.5 Å². The first-order valence-corrected chi connectivity index (χ1v) is 8.37. The van der Waals surface area contributed by atoms with E-state index >= 15 is 0 Å². The Labute approximate surface area is 122 Å². The Morgan fingerprint density at radius 1 is 1.35 bits per heavy atom. The minimum atomic E-state index is -3.59. The Bertz CT molecular complexity index is 678. The van der Waals surface area contributed by atoms with Gasteiger partial charge in [-0.3, -0.25) is 0 Å². The number of aliphatic hydroxyl groups is 1. The van der Waals surface area contributed by atoms with Gasteiger partial charge in [0.25, 0.3) is 0 Å². The van der Waals surface area contributed by atoms with E-state index in [2.05, 4.69) is 9.71 Å². The Kier molecular flexibility index (Phi) is 4.54. The largest absolute Gasteiger partial charge is 0.392 e. The number of hydrogen-bond acceptors (Lipinski definition) is 5. The molecule has 7 heteroatoms. The van der Waals surface area contributed by atoms with Crippen molar-refractivity contribution in [1.82, 2.24) is 9.71 Å². The number of sulfonamides is 1. The molecule has 2 N–H and O–H groups in total. The highest BCUT2D eigenvalue weighted by Gasteiger charge is 2.19. The van der Waals surface area contributed by atoms with Crippen LogP contribution < -0.4 is 4.72 Å². The third-order valence-electron chi connectivity index (χ3n) is 2.76. The van der Waals surface area contributed by atoms with Crippen molar-refractivity contribution in [3.63, 3.8) is 0 Å². The summed E-state index contributed by atoms with van der Waals surface area (Å²) < 4.78 is 27.0. The molecule has 0 aliphatic carbocycles. The van der Waals surface area contributed by atoms with Gasteiger partial charge in [0.2, 0.25) is 10.0 Å². The van der Waals surface area contributed by atoms with Crippen LogP contribution in [0.15, 0.2) is 35.4 Å². The standard InChI is InChI=1S/C13H16N2O3S2/c1-9-7-14-13(19-9)10(2)15-20(17,18)12-5-3-11(8-16)4-6-12/h3-7,10,15-16H,8H2,1-2H3. The molecule has 20 heavy (non-hydrogen) atoms. The summed E-state index contributed by atoms with van der Waals surface area (Å²) in [6.07, 6.45) is 1.72. The highest BCUT2D eigenvalue weighted by atomic mass is 32.2. The van der Waals surface area contributed by atoms with Gasteiger partial charge in [-0.25, -0.2) is 18.1 Å². The summed E-state index contributed by atoms with van der Waals surface area (Å²) in [5, 5.41) is 9.69. The lowest BCUT2D eigenvalue weighted by Gasteiger charge is -2.12. The number of hydrogen-bond donors (Lipinski definition) is 2. The highest BCUT2D eigenvalue weighted by Crippen LogP contribution is 2.21. The molecule has 1 heterocycles. The number of nitrogens with one attached hydrogen (secondary N) is 1. The molecule has 0 saturated carbocycles. The summed E-state index contributed by atoms with van der Waals surface area (Å²) in [6, 6.07) is 5.76. The number of nitrogens with zero attached hydrogens (tertiary/aromatic N) is 1. The number of aromatic nitrogens is 1. The molecule has 0 fully saturated rings. The van der Waals surface area contributed by atoms with Gasteiger partial charge in [0.1, 0.15) is 5.01 Å². The first-order chi connectivity index (χ1) is 9.42. The van der Waals surface area contributed by atoms with Crippen molar-refractivity contribution in [2.45, 2.75) is 31.4 Å². The van der Waals surface area contributed by atoms with Gasteiger partial charge in [0, 0.05) is 11.1 Å². The molecular weight excluding hydrogens is 296 g/mol. The topological polar surface area (TPSA) is 79.3 Å². The van der Waals surface area contributed by atoms with E-state index in [1.165, 1.54) is 23.5 Å². The van der Waals surface area contributed by atoms with E-state index in [0.29, 0.717) is 5.56 Å². The second kappa shape index (κ2) is 6.01. The fourth-order valence-corrected chi connectivity index (χ4v) is 3.76. The molecule has 1 unspecified atom stereocenters. The van der Waals surface area contributed by atoms with E-state index < -0.39 is 10.0 Å². The summed E-state index contributed by atoms with van der Waals surface area (Å²) in [5.74, 6) is 0. The maximum Gasteiger partial charge on any atom is 0.241 e. The van der Waals surface area contributed by atoms with Gasteiger partial charge in [-0.15, -0.1) is 11.3 Å². The van der Waals surface area contributed by atoms with Crippen LogP contribution in [0.25, 0.3) is 0 Å². The maximum atomic E-state index is 12.2. The predicted octanol–water partition coefficient (Wildman–Crippen LogP) is 1.98. The normalized spacial score (nSPS) is 13.3. The third-order valence-corrected chi connectivity index (χ3v) is 5.41. The van der Waals surface area contributed by atoms with Crippen molar-refractivity contribution in [2.75, 3.05) is 0 Å². The summed E-state index contributed by atoms with van der Waals surface area (Å²) >= 11 is 1.47. The molecule has 1 aromatic carbocycles. The number of thiazole rings is 1. The fraction of sp³-hybridized carbons (Fsp3) is 0.308. The van der Waals surface area contributed by atoms with Crippen LogP contribution in [0.3, 0.4) is 0 Å².